The molecule has 2 aromatic heterocycles. The second kappa shape index (κ2) is 7.09. The molecule has 0 aromatic carbocycles. The Balaban J connectivity index is 1.67. The van der Waals surface area contributed by atoms with Gasteiger partial charge in [0.05, 0.1) is 6.61 Å². The molecule has 0 saturated carbocycles. The number of H-pyrrole nitrogens is 1. The predicted octanol–water partition coefficient (Wildman–Crippen LogP) is 1.42. The van der Waals surface area contributed by atoms with E-state index >= 15 is 0 Å². The lowest BCUT2D eigenvalue weighted by Gasteiger charge is -2.33. The number of halogens is 1. The lowest BCUT2D eigenvalue weighted by Crippen LogP contribution is -2.41. The monoisotopic (exact) mass is 350 g/mol. The fraction of sp³-hybridized carbons (Fsp3) is 0.438. The SMILES string of the molecule is Cn1c(=O)cc(N2CCCC(COc3ncccc3Cl)C2)[nH]c1=O. The maximum atomic E-state index is 11.8. The van der Waals surface area contributed by atoms with Crippen LogP contribution in [0.5, 0.6) is 5.88 Å². The highest BCUT2D eigenvalue weighted by Crippen LogP contribution is 2.24. The van der Waals surface area contributed by atoms with Gasteiger partial charge in [0, 0.05) is 38.3 Å². The van der Waals surface area contributed by atoms with Crippen molar-refractivity contribution in [2.45, 2.75) is 12.8 Å². The van der Waals surface area contributed by atoms with E-state index in [1.54, 1.807) is 18.3 Å². The summed E-state index contributed by atoms with van der Waals surface area (Å²) in [5.74, 6) is 1.26. The van der Waals surface area contributed by atoms with Gasteiger partial charge in [-0.05, 0) is 25.0 Å². The molecule has 0 spiro atoms. The predicted molar refractivity (Wildman–Crippen MR) is 92.0 cm³/mol. The average molecular weight is 351 g/mol. The number of pyridine rings is 1. The van der Waals surface area contributed by atoms with Gasteiger partial charge in [0.2, 0.25) is 5.88 Å². The summed E-state index contributed by atoms with van der Waals surface area (Å²) < 4.78 is 6.77. The van der Waals surface area contributed by atoms with E-state index in [1.165, 1.54) is 13.1 Å². The summed E-state index contributed by atoms with van der Waals surface area (Å²) in [7, 11) is 1.45. The van der Waals surface area contributed by atoms with E-state index in [1.807, 2.05) is 4.90 Å². The summed E-state index contributed by atoms with van der Waals surface area (Å²) in [6, 6.07) is 4.95. The molecule has 3 rings (SSSR count). The first-order valence-electron chi connectivity index (χ1n) is 7.83. The van der Waals surface area contributed by atoms with Gasteiger partial charge in [-0.1, -0.05) is 11.6 Å². The summed E-state index contributed by atoms with van der Waals surface area (Å²) >= 11 is 6.04. The Morgan fingerprint density at radius 1 is 1.46 bits per heavy atom. The highest BCUT2D eigenvalue weighted by atomic mass is 35.5. The molecular formula is C16H19ClN4O3. The topological polar surface area (TPSA) is 80.2 Å². The number of nitrogens with zero attached hydrogens (tertiary/aromatic N) is 3. The molecule has 1 saturated heterocycles. The zero-order valence-electron chi connectivity index (χ0n) is 13.4. The molecule has 1 atom stereocenters. The number of anilines is 1. The van der Waals surface area contributed by atoms with E-state index in [2.05, 4.69) is 9.97 Å². The van der Waals surface area contributed by atoms with Crippen molar-refractivity contribution in [2.75, 3.05) is 24.6 Å². The van der Waals surface area contributed by atoms with Crippen molar-refractivity contribution in [3.05, 3.63) is 50.3 Å². The van der Waals surface area contributed by atoms with E-state index in [0.717, 1.165) is 24.0 Å². The van der Waals surface area contributed by atoms with Gasteiger partial charge in [0.25, 0.3) is 5.56 Å². The Hall–Kier alpha value is -2.28. The normalized spacial score (nSPS) is 17.8. The van der Waals surface area contributed by atoms with E-state index in [0.29, 0.717) is 29.9 Å². The molecule has 2 aromatic rings. The van der Waals surface area contributed by atoms with Crippen LogP contribution in [0, 0.1) is 5.92 Å². The molecule has 0 aliphatic carbocycles. The molecule has 8 heteroatoms. The molecule has 24 heavy (non-hydrogen) atoms. The van der Waals surface area contributed by atoms with E-state index in [4.69, 9.17) is 16.3 Å². The molecule has 0 amide bonds. The Morgan fingerprint density at radius 2 is 2.29 bits per heavy atom. The molecule has 1 aliphatic heterocycles. The third-order valence-electron chi connectivity index (χ3n) is 4.17. The molecular weight excluding hydrogens is 332 g/mol. The van der Waals surface area contributed by atoms with Crippen molar-refractivity contribution in [1.82, 2.24) is 14.5 Å². The van der Waals surface area contributed by atoms with Gasteiger partial charge in [-0.15, -0.1) is 0 Å². The largest absolute Gasteiger partial charge is 0.476 e. The van der Waals surface area contributed by atoms with E-state index < -0.39 is 5.69 Å². The lowest BCUT2D eigenvalue weighted by molar-refractivity contribution is 0.221. The lowest BCUT2D eigenvalue weighted by atomic mass is 9.99. The maximum Gasteiger partial charge on any atom is 0.329 e. The van der Waals surface area contributed by atoms with Gasteiger partial charge in [-0.2, -0.15) is 0 Å². The van der Waals surface area contributed by atoms with Gasteiger partial charge in [0.15, 0.2) is 0 Å². The molecule has 7 nitrogen and oxygen atoms in total. The highest BCUT2D eigenvalue weighted by molar-refractivity contribution is 6.31. The minimum atomic E-state index is -0.406. The fourth-order valence-corrected chi connectivity index (χ4v) is 2.98. The van der Waals surface area contributed by atoms with Crippen LogP contribution < -0.4 is 20.9 Å². The number of piperidine rings is 1. The number of hydrogen-bond acceptors (Lipinski definition) is 5. The summed E-state index contributed by atoms with van der Waals surface area (Å²) in [6.07, 6.45) is 3.61. The number of aromatic amines is 1. The van der Waals surface area contributed by atoms with E-state index in [-0.39, 0.29) is 11.5 Å². The zero-order valence-corrected chi connectivity index (χ0v) is 14.1. The minimum Gasteiger partial charge on any atom is -0.476 e. The fourth-order valence-electron chi connectivity index (χ4n) is 2.81. The van der Waals surface area contributed by atoms with Crippen molar-refractivity contribution in [3.63, 3.8) is 0 Å². The molecule has 0 bridgehead atoms. The van der Waals surface area contributed by atoms with E-state index in [9.17, 15) is 9.59 Å². The molecule has 0 radical (unpaired) electrons. The molecule has 1 unspecified atom stereocenters. The molecule has 1 fully saturated rings. The van der Waals surface area contributed by atoms with Crippen LogP contribution in [-0.4, -0.2) is 34.2 Å². The number of ether oxygens (including phenoxy) is 1. The van der Waals surface area contributed by atoms with Crippen molar-refractivity contribution in [1.29, 1.82) is 0 Å². The van der Waals surface area contributed by atoms with Crippen LogP contribution in [0.15, 0.2) is 34.0 Å². The van der Waals surface area contributed by atoms with Crippen LogP contribution in [-0.2, 0) is 7.05 Å². The zero-order chi connectivity index (χ0) is 17.1. The van der Waals surface area contributed by atoms with Crippen molar-refractivity contribution < 1.29 is 4.74 Å². The molecule has 128 valence electrons. The smallest absolute Gasteiger partial charge is 0.329 e. The summed E-state index contributed by atoms with van der Waals surface area (Å²) in [5, 5.41) is 0.487. The summed E-state index contributed by atoms with van der Waals surface area (Å²) in [4.78, 5) is 32.4. The first-order chi connectivity index (χ1) is 11.5. The molecule has 1 N–H and O–H groups in total. The third-order valence-corrected chi connectivity index (χ3v) is 4.46. The first-order valence-corrected chi connectivity index (χ1v) is 8.21. The highest BCUT2D eigenvalue weighted by Gasteiger charge is 2.22. The second-order valence-corrected chi connectivity index (χ2v) is 6.32. The maximum absolute atomic E-state index is 11.8. The van der Waals surface area contributed by atoms with Gasteiger partial charge in [-0.25, -0.2) is 9.78 Å². The number of nitrogens with one attached hydrogen (secondary N) is 1. The Morgan fingerprint density at radius 3 is 3.04 bits per heavy atom. The van der Waals surface area contributed by atoms with Gasteiger partial charge in [0.1, 0.15) is 10.8 Å². The van der Waals surface area contributed by atoms with Crippen molar-refractivity contribution >= 4 is 17.4 Å². The number of hydrogen-bond donors (Lipinski definition) is 1. The van der Waals surface area contributed by atoms with Crippen molar-refractivity contribution in [2.24, 2.45) is 13.0 Å². The number of rotatable bonds is 4. The quantitative estimate of drug-likeness (QED) is 0.902. The Bertz CT molecular complexity index is 801. The standard InChI is InChI=1S/C16H19ClN4O3/c1-20-14(22)8-13(19-16(20)23)21-7-3-4-11(9-21)10-24-15-12(17)5-2-6-18-15/h2,5-6,8,11H,3-4,7,9-10H2,1H3,(H,19,23). The van der Waals surface area contributed by atoms with Crippen LogP contribution in [0.2, 0.25) is 5.02 Å². The number of aromatic nitrogens is 3. The third kappa shape index (κ3) is 3.62. The van der Waals surface area contributed by atoms with Crippen LogP contribution in [0.4, 0.5) is 5.82 Å². The van der Waals surface area contributed by atoms with Crippen LogP contribution in [0.1, 0.15) is 12.8 Å². The average Bonchev–Trinajstić information content (AvgIpc) is 2.59. The van der Waals surface area contributed by atoms with Gasteiger partial charge in [-0.3, -0.25) is 14.3 Å². The van der Waals surface area contributed by atoms with Gasteiger partial charge < -0.3 is 9.64 Å². The van der Waals surface area contributed by atoms with Crippen LogP contribution in [0.3, 0.4) is 0 Å². The summed E-state index contributed by atoms with van der Waals surface area (Å²) in [6.45, 7) is 1.99. The Labute approximate surface area is 143 Å². The first kappa shape index (κ1) is 16.6. The second-order valence-electron chi connectivity index (χ2n) is 5.91. The Kier molecular flexibility index (Phi) is 4.89. The molecule has 3 heterocycles. The van der Waals surface area contributed by atoms with Crippen LogP contribution >= 0.6 is 11.6 Å². The van der Waals surface area contributed by atoms with Crippen molar-refractivity contribution in [3.8, 4) is 5.88 Å². The van der Waals surface area contributed by atoms with Crippen LogP contribution in [0.25, 0.3) is 0 Å². The minimum absolute atomic E-state index is 0.268. The molecule has 1 aliphatic rings. The van der Waals surface area contributed by atoms with Gasteiger partial charge >= 0.3 is 5.69 Å². The summed E-state index contributed by atoms with van der Waals surface area (Å²) in [5.41, 5.74) is -0.719.